The van der Waals surface area contributed by atoms with Gasteiger partial charge in [-0.15, -0.1) is 0 Å². The van der Waals surface area contributed by atoms with Crippen molar-refractivity contribution in [3.8, 4) is 0 Å². The van der Waals surface area contributed by atoms with Gasteiger partial charge in [-0.05, 0) is 50.2 Å². The Bertz CT molecular complexity index is 1280. The van der Waals surface area contributed by atoms with Crippen LogP contribution in [0.1, 0.15) is 61.3 Å². The second-order valence-corrected chi connectivity index (χ2v) is 9.56. The van der Waals surface area contributed by atoms with E-state index in [1.54, 1.807) is 53.8 Å². The zero-order valence-corrected chi connectivity index (χ0v) is 20.1. The van der Waals surface area contributed by atoms with E-state index < -0.39 is 6.10 Å². The van der Waals surface area contributed by atoms with Gasteiger partial charge >= 0.3 is 0 Å². The van der Waals surface area contributed by atoms with E-state index in [0.717, 1.165) is 32.1 Å². The van der Waals surface area contributed by atoms with Gasteiger partial charge in [-0.3, -0.25) is 9.59 Å². The van der Waals surface area contributed by atoms with Gasteiger partial charge in [-0.25, -0.2) is 4.98 Å². The van der Waals surface area contributed by atoms with E-state index >= 15 is 0 Å². The van der Waals surface area contributed by atoms with Crippen molar-refractivity contribution in [2.75, 3.05) is 24.8 Å². The molecule has 0 amide bonds. The maximum Gasteiger partial charge on any atom is 0.274 e. The number of anilines is 3. The SMILES string of the molecule is CNc1cc(Nc2cccn([C@H]3CC[C@@H]3O)c2=O)nc2c(C(=O)C[C@H]3CCC[C@H](OC)C3)cnn12. The van der Waals surface area contributed by atoms with Crippen LogP contribution in [0.3, 0.4) is 0 Å². The van der Waals surface area contributed by atoms with Crippen molar-refractivity contribution in [1.29, 1.82) is 0 Å². The van der Waals surface area contributed by atoms with Gasteiger partial charge in [-0.2, -0.15) is 9.61 Å². The maximum absolute atomic E-state index is 13.2. The van der Waals surface area contributed by atoms with Gasteiger partial charge in [0.25, 0.3) is 5.56 Å². The van der Waals surface area contributed by atoms with E-state index in [1.807, 2.05) is 0 Å². The molecule has 0 saturated heterocycles. The number of rotatable bonds is 8. The molecule has 3 N–H and O–H groups in total. The fourth-order valence-electron chi connectivity index (χ4n) is 5.21. The van der Waals surface area contributed by atoms with Crippen LogP contribution >= 0.6 is 0 Å². The molecular formula is C25H32N6O4. The Labute approximate surface area is 203 Å². The van der Waals surface area contributed by atoms with Crippen LogP contribution in [0.2, 0.25) is 0 Å². The van der Waals surface area contributed by atoms with Crippen molar-refractivity contribution >= 4 is 28.8 Å². The van der Waals surface area contributed by atoms with Gasteiger partial charge in [0.2, 0.25) is 0 Å². The first-order valence-electron chi connectivity index (χ1n) is 12.3. The minimum Gasteiger partial charge on any atom is -0.391 e. The molecule has 4 atom stereocenters. The van der Waals surface area contributed by atoms with Gasteiger partial charge in [0.05, 0.1) is 30.0 Å². The summed E-state index contributed by atoms with van der Waals surface area (Å²) in [6.45, 7) is 0. The largest absolute Gasteiger partial charge is 0.391 e. The van der Waals surface area contributed by atoms with E-state index in [9.17, 15) is 14.7 Å². The van der Waals surface area contributed by atoms with E-state index in [-0.39, 0.29) is 29.4 Å². The number of aliphatic hydroxyl groups excluding tert-OH is 1. The first-order chi connectivity index (χ1) is 17.0. The lowest BCUT2D eigenvalue weighted by molar-refractivity contribution is 0.0300. The fourth-order valence-corrected chi connectivity index (χ4v) is 5.21. The van der Waals surface area contributed by atoms with Gasteiger partial charge in [0, 0.05) is 32.8 Å². The molecule has 2 aliphatic rings. The number of Topliss-reactive ketones (excluding diaryl/α,β-unsaturated/α-hetero) is 1. The van der Waals surface area contributed by atoms with Crippen molar-refractivity contribution in [3.63, 3.8) is 0 Å². The summed E-state index contributed by atoms with van der Waals surface area (Å²) >= 11 is 0. The molecule has 0 radical (unpaired) electrons. The molecule has 0 bridgehead atoms. The molecule has 0 aliphatic heterocycles. The normalized spacial score (nSPS) is 24.2. The Morgan fingerprint density at radius 3 is 2.86 bits per heavy atom. The molecule has 0 spiro atoms. The van der Waals surface area contributed by atoms with Gasteiger partial charge < -0.3 is 25.0 Å². The van der Waals surface area contributed by atoms with Crippen molar-refractivity contribution < 1.29 is 14.6 Å². The zero-order chi connectivity index (χ0) is 24.5. The molecule has 3 aromatic rings. The van der Waals surface area contributed by atoms with Crippen molar-refractivity contribution in [3.05, 3.63) is 46.5 Å². The fraction of sp³-hybridized carbons (Fsp3) is 0.520. The molecule has 3 heterocycles. The van der Waals surface area contributed by atoms with Gasteiger partial charge in [0.1, 0.15) is 17.3 Å². The van der Waals surface area contributed by atoms with Crippen molar-refractivity contribution in [2.24, 2.45) is 5.92 Å². The lowest BCUT2D eigenvalue weighted by atomic mass is 9.83. The van der Waals surface area contributed by atoms with Crippen LogP contribution in [0.5, 0.6) is 0 Å². The number of ether oxygens (including phenoxy) is 1. The molecule has 5 rings (SSSR count). The van der Waals surface area contributed by atoms with Gasteiger partial charge in [0.15, 0.2) is 11.4 Å². The number of fused-ring (bicyclic) bond motifs is 1. The molecule has 35 heavy (non-hydrogen) atoms. The van der Waals surface area contributed by atoms with Crippen molar-refractivity contribution in [1.82, 2.24) is 19.2 Å². The Balaban J connectivity index is 1.43. The second kappa shape index (κ2) is 9.79. The van der Waals surface area contributed by atoms with Crippen LogP contribution in [0.15, 0.2) is 35.4 Å². The highest BCUT2D eigenvalue weighted by Crippen LogP contribution is 2.32. The van der Waals surface area contributed by atoms with Crippen molar-refractivity contribution in [2.45, 2.75) is 63.2 Å². The highest BCUT2D eigenvalue weighted by Gasteiger charge is 2.31. The quantitative estimate of drug-likeness (QED) is 0.420. The van der Waals surface area contributed by atoms with Crippen LogP contribution in [0.25, 0.3) is 5.65 Å². The number of methoxy groups -OCH3 is 1. The number of aromatic nitrogens is 4. The Morgan fingerprint density at radius 2 is 2.14 bits per heavy atom. The van der Waals surface area contributed by atoms with Crippen LogP contribution in [0, 0.1) is 5.92 Å². The number of nitrogens with zero attached hydrogens (tertiary/aromatic N) is 4. The molecule has 10 heteroatoms. The predicted molar refractivity (Wildman–Crippen MR) is 132 cm³/mol. The molecule has 2 fully saturated rings. The molecular weight excluding hydrogens is 448 g/mol. The summed E-state index contributed by atoms with van der Waals surface area (Å²) in [5.74, 6) is 1.36. The molecule has 2 aliphatic carbocycles. The summed E-state index contributed by atoms with van der Waals surface area (Å²) in [7, 11) is 3.50. The number of ketones is 1. The minimum absolute atomic E-state index is 0.00879. The Hall–Kier alpha value is -3.24. The lowest BCUT2D eigenvalue weighted by Gasteiger charge is -2.34. The smallest absolute Gasteiger partial charge is 0.274 e. The first-order valence-corrected chi connectivity index (χ1v) is 12.3. The van der Waals surface area contributed by atoms with Crippen LogP contribution in [0.4, 0.5) is 17.3 Å². The van der Waals surface area contributed by atoms with Crippen LogP contribution in [-0.2, 0) is 4.74 Å². The predicted octanol–water partition coefficient (Wildman–Crippen LogP) is 3.15. The first kappa shape index (κ1) is 23.5. The molecule has 186 valence electrons. The summed E-state index contributed by atoms with van der Waals surface area (Å²) in [5, 5.41) is 20.6. The number of hydrogen-bond donors (Lipinski definition) is 3. The second-order valence-electron chi connectivity index (χ2n) is 9.56. The third kappa shape index (κ3) is 4.55. The topological polar surface area (TPSA) is 123 Å². The third-order valence-electron chi connectivity index (χ3n) is 7.37. The minimum atomic E-state index is -0.503. The summed E-state index contributed by atoms with van der Waals surface area (Å²) < 4.78 is 8.69. The number of aliphatic hydroxyl groups is 1. The van der Waals surface area contributed by atoms with E-state index in [2.05, 4.69) is 20.7 Å². The zero-order valence-electron chi connectivity index (χ0n) is 20.1. The Morgan fingerprint density at radius 1 is 1.29 bits per heavy atom. The lowest BCUT2D eigenvalue weighted by Crippen LogP contribution is -2.39. The average molecular weight is 481 g/mol. The average Bonchev–Trinajstić information content (AvgIpc) is 3.29. The number of carbonyl (C=O) groups is 1. The third-order valence-corrected chi connectivity index (χ3v) is 7.37. The molecule has 2 saturated carbocycles. The Kier molecular flexibility index (Phi) is 6.57. The standard InChI is InChI=1S/C25H32N6O4/c1-26-23-13-22(28-18-7-4-10-30(25(18)34)19-8-9-20(19)32)29-24-17(14-27-31(23)24)21(33)12-15-5-3-6-16(11-15)35-2/h4,7,10,13-16,19-20,26,32H,3,5-6,8-9,11-12H2,1-2H3,(H,28,29)/t15-,16-,19-,20-/m0/s1. The number of nitrogens with one attached hydrogen (secondary N) is 2. The monoisotopic (exact) mass is 480 g/mol. The van der Waals surface area contributed by atoms with Gasteiger partial charge in [-0.1, -0.05) is 6.42 Å². The summed E-state index contributed by atoms with van der Waals surface area (Å²) in [6.07, 6.45) is 8.89. The highest BCUT2D eigenvalue weighted by atomic mass is 16.5. The van der Waals surface area contributed by atoms with E-state index in [4.69, 9.17) is 4.74 Å². The molecule has 3 aromatic heterocycles. The number of pyridine rings is 1. The highest BCUT2D eigenvalue weighted by molar-refractivity contribution is 6.01. The molecule has 10 nitrogen and oxygen atoms in total. The molecule has 0 unspecified atom stereocenters. The molecule has 0 aromatic carbocycles. The maximum atomic E-state index is 13.2. The van der Waals surface area contributed by atoms with Crippen LogP contribution < -0.4 is 16.2 Å². The van der Waals surface area contributed by atoms with E-state index in [0.29, 0.717) is 41.4 Å². The number of carbonyl (C=O) groups excluding carboxylic acids is 1. The van der Waals surface area contributed by atoms with Crippen LogP contribution in [-0.4, -0.2) is 56.4 Å². The number of hydrogen-bond acceptors (Lipinski definition) is 8. The summed E-state index contributed by atoms with van der Waals surface area (Å²) in [6, 6.07) is 5.00. The summed E-state index contributed by atoms with van der Waals surface area (Å²) in [5.41, 5.74) is 1.03. The summed E-state index contributed by atoms with van der Waals surface area (Å²) in [4.78, 5) is 30.9. The van der Waals surface area contributed by atoms with E-state index in [1.165, 1.54) is 0 Å².